The monoisotopic (exact) mass is 508 g/mol. The van der Waals surface area contributed by atoms with Crippen LogP contribution in [0.1, 0.15) is 65.1 Å². The number of para-hydroxylation sites is 1. The fourth-order valence-corrected chi connectivity index (χ4v) is 5.85. The van der Waals surface area contributed by atoms with Crippen molar-refractivity contribution in [1.82, 2.24) is 19.7 Å². The van der Waals surface area contributed by atoms with Gasteiger partial charge in [0.15, 0.2) is 5.82 Å². The lowest BCUT2D eigenvalue weighted by atomic mass is 9.89. The van der Waals surface area contributed by atoms with Crippen LogP contribution < -0.4 is 5.76 Å². The van der Waals surface area contributed by atoms with Gasteiger partial charge in [0.1, 0.15) is 11.3 Å². The molecule has 7 heteroatoms. The van der Waals surface area contributed by atoms with Crippen molar-refractivity contribution in [3.8, 4) is 0 Å². The maximum absolute atomic E-state index is 11.7. The van der Waals surface area contributed by atoms with Crippen LogP contribution in [0.3, 0.4) is 0 Å². The molecule has 2 heterocycles. The number of imidazole rings is 1. The average molecular weight is 509 g/mol. The molecule has 0 saturated heterocycles. The van der Waals surface area contributed by atoms with E-state index >= 15 is 0 Å². The van der Waals surface area contributed by atoms with E-state index in [-0.39, 0.29) is 0 Å². The summed E-state index contributed by atoms with van der Waals surface area (Å²) >= 11 is 6.51. The van der Waals surface area contributed by atoms with Gasteiger partial charge in [0, 0.05) is 18.0 Å². The van der Waals surface area contributed by atoms with Crippen LogP contribution in [-0.2, 0) is 19.4 Å². The summed E-state index contributed by atoms with van der Waals surface area (Å²) in [4.78, 5) is 19.4. The Hall–Kier alpha value is -3.90. The lowest BCUT2D eigenvalue weighted by Gasteiger charge is -2.16. The molecule has 3 aromatic carbocycles. The number of H-pyrrole nitrogens is 1. The first-order valence-corrected chi connectivity index (χ1v) is 13.1. The number of nitrogens with one attached hydrogen (secondary N) is 1. The molecule has 2 aliphatic carbocycles. The maximum Gasteiger partial charge on any atom is 0.439 e. The molecular formula is C30H25ClN4O2. The van der Waals surface area contributed by atoms with Crippen LogP contribution in [0.15, 0.2) is 70.0 Å². The fraction of sp³-hybridized carbons (Fsp3) is 0.233. The van der Waals surface area contributed by atoms with Crippen molar-refractivity contribution < 1.29 is 4.52 Å². The van der Waals surface area contributed by atoms with E-state index in [1.54, 1.807) is 0 Å². The van der Waals surface area contributed by atoms with E-state index in [1.165, 1.54) is 35.1 Å². The second-order valence-electron chi connectivity index (χ2n) is 10.0. The van der Waals surface area contributed by atoms with Gasteiger partial charge in [-0.3, -0.25) is 9.51 Å². The van der Waals surface area contributed by atoms with Gasteiger partial charge in [-0.2, -0.15) is 0 Å². The third-order valence-corrected chi connectivity index (χ3v) is 7.91. The summed E-state index contributed by atoms with van der Waals surface area (Å²) < 4.78 is 7.17. The molecule has 0 aliphatic heterocycles. The first-order valence-electron chi connectivity index (χ1n) is 12.7. The molecule has 7 rings (SSSR count). The predicted octanol–water partition coefficient (Wildman–Crippen LogP) is 6.37. The number of benzene rings is 3. The minimum atomic E-state index is -0.549. The van der Waals surface area contributed by atoms with Crippen molar-refractivity contribution in [2.75, 3.05) is 0 Å². The normalized spacial score (nSPS) is 16.4. The van der Waals surface area contributed by atoms with E-state index in [2.05, 4.69) is 63.2 Å². The number of halogens is 1. The van der Waals surface area contributed by atoms with Crippen molar-refractivity contribution >= 4 is 33.8 Å². The Bertz CT molecular complexity index is 1770. The average Bonchev–Trinajstić information content (AvgIpc) is 3.59. The Morgan fingerprint density at radius 1 is 1.05 bits per heavy atom. The number of aromatic nitrogens is 4. The van der Waals surface area contributed by atoms with Crippen LogP contribution in [0.25, 0.3) is 22.2 Å². The Morgan fingerprint density at radius 2 is 1.86 bits per heavy atom. The third-order valence-electron chi connectivity index (χ3n) is 7.60. The molecule has 0 spiro atoms. The highest BCUT2D eigenvalue weighted by molar-refractivity contribution is 6.34. The molecule has 2 aromatic heterocycles. The minimum Gasteiger partial charge on any atom is -0.323 e. The summed E-state index contributed by atoms with van der Waals surface area (Å²) in [6, 6.07) is 21.3. The minimum absolute atomic E-state index is 0.461. The van der Waals surface area contributed by atoms with Gasteiger partial charge in [-0.15, -0.1) is 0 Å². The quantitative estimate of drug-likeness (QED) is 0.306. The molecular weight excluding hydrogens is 484 g/mol. The van der Waals surface area contributed by atoms with Crippen LogP contribution in [0.2, 0.25) is 5.02 Å². The molecule has 0 bridgehead atoms. The van der Waals surface area contributed by atoms with E-state index in [0.717, 1.165) is 53.0 Å². The van der Waals surface area contributed by atoms with Gasteiger partial charge in [0.25, 0.3) is 0 Å². The van der Waals surface area contributed by atoms with Gasteiger partial charge in [-0.05, 0) is 78.1 Å². The van der Waals surface area contributed by atoms with E-state index in [1.807, 2.05) is 19.1 Å². The number of hydrogen-bond acceptors (Lipinski definition) is 4. The number of allylic oxidation sites excluding steroid dienone is 1. The van der Waals surface area contributed by atoms with Crippen molar-refractivity contribution in [2.45, 2.75) is 45.1 Å². The Labute approximate surface area is 218 Å². The molecule has 1 fully saturated rings. The number of nitrogens with zero attached hydrogens (tertiary/aromatic N) is 3. The standard InChI is InChI=1S/C30H25ClN4O2/c1-17(28-33-30(36)37-34-28)26-22-6-3-2-5-19(22)10-13-21-15-18(9-14-23(21)26)16-35-25-8-4-7-24(31)27(25)32-29(35)20-11-12-20/h2-9,14-15,20H,10-13,16H2,1H3,(H,33,34,36)/b26-17-. The van der Waals surface area contributed by atoms with Crippen LogP contribution in [0, 0.1) is 0 Å². The second kappa shape index (κ2) is 8.60. The molecule has 2 aliphatic rings. The van der Waals surface area contributed by atoms with E-state index in [0.29, 0.717) is 16.8 Å². The largest absolute Gasteiger partial charge is 0.439 e. The number of aryl methyl sites for hydroxylation is 2. The Kier molecular flexibility index (Phi) is 5.18. The highest BCUT2D eigenvalue weighted by Gasteiger charge is 2.30. The molecule has 0 radical (unpaired) electrons. The van der Waals surface area contributed by atoms with Gasteiger partial charge in [0.2, 0.25) is 0 Å². The summed E-state index contributed by atoms with van der Waals surface area (Å²) in [7, 11) is 0. The van der Waals surface area contributed by atoms with Gasteiger partial charge >= 0.3 is 5.76 Å². The molecule has 1 saturated carbocycles. The van der Waals surface area contributed by atoms with Crippen LogP contribution in [0.5, 0.6) is 0 Å². The fourth-order valence-electron chi connectivity index (χ4n) is 5.64. The lowest BCUT2D eigenvalue weighted by molar-refractivity contribution is 0.385. The van der Waals surface area contributed by atoms with Crippen molar-refractivity contribution in [3.63, 3.8) is 0 Å². The second-order valence-corrected chi connectivity index (χ2v) is 10.4. The maximum atomic E-state index is 11.7. The highest BCUT2D eigenvalue weighted by Crippen LogP contribution is 2.42. The van der Waals surface area contributed by atoms with Crippen molar-refractivity contribution in [1.29, 1.82) is 0 Å². The summed E-state index contributed by atoms with van der Waals surface area (Å²) in [5.41, 5.74) is 10.1. The lowest BCUT2D eigenvalue weighted by Crippen LogP contribution is -2.06. The molecule has 184 valence electrons. The Balaban J connectivity index is 1.36. The van der Waals surface area contributed by atoms with Crippen LogP contribution in [-0.4, -0.2) is 19.7 Å². The summed E-state index contributed by atoms with van der Waals surface area (Å²) in [5.74, 6) is 1.56. The number of aromatic amines is 1. The van der Waals surface area contributed by atoms with Crippen LogP contribution in [0.4, 0.5) is 0 Å². The molecule has 37 heavy (non-hydrogen) atoms. The van der Waals surface area contributed by atoms with Crippen LogP contribution >= 0.6 is 11.6 Å². The molecule has 1 N–H and O–H groups in total. The first-order chi connectivity index (χ1) is 18.1. The van der Waals surface area contributed by atoms with E-state index in [9.17, 15) is 4.79 Å². The Morgan fingerprint density at radius 3 is 2.68 bits per heavy atom. The van der Waals surface area contributed by atoms with Gasteiger partial charge in [0.05, 0.1) is 10.5 Å². The zero-order valence-corrected chi connectivity index (χ0v) is 21.2. The zero-order valence-electron chi connectivity index (χ0n) is 20.4. The molecule has 0 atom stereocenters. The molecule has 0 amide bonds. The van der Waals surface area contributed by atoms with E-state index < -0.39 is 5.76 Å². The smallest absolute Gasteiger partial charge is 0.323 e. The third kappa shape index (κ3) is 3.83. The topological polar surface area (TPSA) is 76.7 Å². The van der Waals surface area contributed by atoms with Gasteiger partial charge in [-0.25, -0.2) is 9.78 Å². The number of hydrogen-bond donors (Lipinski definition) is 1. The number of fused-ring (bicyclic) bond motifs is 3. The highest BCUT2D eigenvalue weighted by atomic mass is 35.5. The summed E-state index contributed by atoms with van der Waals surface area (Å²) in [6.07, 6.45) is 4.23. The van der Waals surface area contributed by atoms with Crippen molar-refractivity contribution in [2.24, 2.45) is 0 Å². The molecule has 5 aromatic rings. The molecule has 0 unspecified atom stereocenters. The van der Waals surface area contributed by atoms with Gasteiger partial charge in [-0.1, -0.05) is 65.3 Å². The number of rotatable bonds is 4. The zero-order chi connectivity index (χ0) is 25.1. The predicted molar refractivity (Wildman–Crippen MR) is 145 cm³/mol. The van der Waals surface area contributed by atoms with Crippen molar-refractivity contribution in [3.05, 3.63) is 116 Å². The summed E-state index contributed by atoms with van der Waals surface area (Å²) in [6.45, 7) is 2.74. The first kappa shape index (κ1) is 22.3. The summed E-state index contributed by atoms with van der Waals surface area (Å²) in [5, 5.41) is 4.68. The van der Waals surface area contributed by atoms with E-state index in [4.69, 9.17) is 21.1 Å². The van der Waals surface area contributed by atoms with Gasteiger partial charge < -0.3 is 4.57 Å². The molecule has 6 nitrogen and oxygen atoms in total. The SMILES string of the molecule is C/C(=C1\c2ccccc2CCc2cc(Cn3c(C4CC4)nc4c(Cl)cccc43)ccc21)c1noc(=O)[nH]1.